The van der Waals surface area contributed by atoms with Crippen LogP contribution in [0, 0.1) is 0 Å². The van der Waals surface area contributed by atoms with Crippen molar-refractivity contribution in [3.63, 3.8) is 0 Å². The number of oxazole rings is 1. The average molecular weight is 432 g/mol. The molecule has 1 aliphatic carbocycles. The van der Waals surface area contributed by atoms with Gasteiger partial charge < -0.3 is 4.42 Å². The van der Waals surface area contributed by atoms with E-state index in [1.54, 1.807) is 0 Å². The number of nitrogens with zero attached hydrogens (tertiary/aromatic N) is 2. The topological polar surface area (TPSA) is 31.0 Å². The van der Waals surface area contributed by atoms with Gasteiger partial charge in [-0.3, -0.25) is 4.57 Å². The molecule has 2 aromatic heterocycles. The van der Waals surface area contributed by atoms with Gasteiger partial charge in [0, 0.05) is 16.2 Å². The first kappa shape index (κ1) is 16.9. The monoisotopic (exact) mass is 432 g/mol. The van der Waals surface area contributed by atoms with Crippen LogP contribution in [0.1, 0.15) is 0 Å². The normalized spacial score (nSPS) is 12.7. The summed E-state index contributed by atoms with van der Waals surface area (Å²) < 4.78 is 8.51. The van der Waals surface area contributed by atoms with Gasteiger partial charge >= 0.3 is 6.01 Å². The molecule has 3 nitrogen and oxygen atoms in total. The number of aromatic nitrogens is 2. The Morgan fingerprint density at radius 3 is 1.79 bits per heavy atom. The van der Waals surface area contributed by atoms with Gasteiger partial charge in [-0.25, -0.2) is 0 Å². The van der Waals surface area contributed by atoms with Crippen molar-refractivity contribution >= 4 is 65.2 Å². The van der Waals surface area contributed by atoms with Gasteiger partial charge in [-0.2, -0.15) is 4.98 Å². The summed E-state index contributed by atoms with van der Waals surface area (Å²) in [5.74, 6) is 0. The predicted octanol–water partition coefficient (Wildman–Crippen LogP) is 8.36. The molecule has 0 spiro atoms. The van der Waals surface area contributed by atoms with Crippen LogP contribution in [0.4, 0.5) is 0 Å². The van der Waals surface area contributed by atoms with Crippen LogP contribution in [0.3, 0.4) is 0 Å². The molecule has 0 aliphatic heterocycles. The summed E-state index contributed by atoms with van der Waals surface area (Å²) in [7, 11) is 0. The third-order valence-corrected chi connectivity index (χ3v) is 7.52. The van der Waals surface area contributed by atoms with Gasteiger partial charge in [-0.15, -0.1) is 0 Å². The highest BCUT2D eigenvalue weighted by atomic mass is 16.4. The third-order valence-electron chi connectivity index (χ3n) is 7.52. The number of benzene rings is 6. The van der Waals surface area contributed by atoms with Gasteiger partial charge in [0.25, 0.3) is 0 Å². The lowest BCUT2D eigenvalue weighted by Crippen LogP contribution is -1.94. The quantitative estimate of drug-likeness (QED) is 0.244. The smallest absolute Gasteiger partial charge is 0.307 e. The fraction of sp³-hybridized carbons (Fsp3) is 0. The van der Waals surface area contributed by atoms with Crippen LogP contribution in [0.25, 0.3) is 82.4 Å². The van der Waals surface area contributed by atoms with Crippen molar-refractivity contribution in [2.24, 2.45) is 0 Å². The van der Waals surface area contributed by atoms with E-state index in [9.17, 15) is 0 Å². The Labute approximate surface area is 193 Å². The highest BCUT2D eigenvalue weighted by Crippen LogP contribution is 2.49. The number of fused-ring (bicyclic) bond motifs is 2. The second-order valence-corrected chi connectivity index (χ2v) is 9.19. The molecule has 0 fully saturated rings. The molecule has 2 heterocycles. The van der Waals surface area contributed by atoms with Crippen LogP contribution < -0.4 is 0 Å². The first-order valence-electron chi connectivity index (χ1n) is 11.6. The Balaban J connectivity index is 1.64. The van der Waals surface area contributed by atoms with Crippen molar-refractivity contribution in [1.82, 2.24) is 9.55 Å². The Hall–Kier alpha value is -4.63. The Bertz CT molecular complexity index is 2150. The average Bonchev–Trinajstić information content (AvgIpc) is 3.42. The molecule has 0 unspecified atom stereocenters. The summed E-state index contributed by atoms with van der Waals surface area (Å²) in [5.41, 5.74) is 6.51. The molecule has 3 heteroatoms. The second-order valence-electron chi connectivity index (χ2n) is 9.19. The summed E-state index contributed by atoms with van der Waals surface area (Å²) in [5, 5.41) is 10.3. The van der Waals surface area contributed by atoms with Gasteiger partial charge in [0.1, 0.15) is 5.52 Å². The lowest BCUT2D eigenvalue weighted by Gasteiger charge is -2.12. The summed E-state index contributed by atoms with van der Waals surface area (Å²) in [4.78, 5) is 4.89. The minimum absolute atomic E-state index is 0.610. The zero-order valence-corrected chi connectivity index (χ0v) is 18.0. The molecule has 156 valence electrons. The summed E-state index contributed by atoms with van der Waals surface area (Å²) in [6.07, 6.45) is 0. The van der Waals surface area contributed by atoms with E-state index < -0.39 is 0 Å². The van der Waals surface area contributed by atoms with E-state index in [0.29, 0.717) is 6.01 Å². The van der Waals surface area contributed by atoms with Gasteiger partial charge in [-0.1, -0.05) is 72.8 Å². The van der Waals surface area contributed by atoms with E-state index in [-0.39, 0.29) is 0 Å². The maximum absolute atomic E-state index is 6.30. The third kappa shape index (κ3) is 1.85. The second kappa shape index (κ2) is 5.64. The molecular weight excluding hydrogens is 416 g/mol. The van der Waals surface area contributed by atoms with Crippen molar-refractivity contribution in [2.75, 3.05) is 0 Å². The number of hydrogen-bond donors (Lipinski definition) is 0. The van der Waals surface area contributed by atoms with Crippen molar-refractivity contribution in [3.8, 4) is 17.1 Å². The molecule has 0 saturated heterocycles. The number of para-hydroxylation sites is 2. The van der Waals surface area contributed by atoms with E-state index in [1.807, 2.05) is 24.3 Å². The van der Waals surface area contributed by atoms with Crippen molar-refractivity contribution < 1.29 is 4.42 Å². The van der Waals surface area contributed by atoms with Crippen molar-refractivity contribution in [1.29, 1.82) is 0 Å². The zero-order chi connectivity index (χ0) is 22.0. The number of rotatable bonds is 1. The SMILES string of the molecule is c1cc2c3c(c1)ccc1ccc4c(c13)c1c3c-2cccc3ccc1n4-c1nc2ccccc2o1. The Morgan fingerprint density at radius 2 is 1.09 bits per heavy atom. The molecule has 0 bridgehead atoms. The van der Waals surface area contributed by atoms with Crippen LogP contribution in [-0.4, -0.2) is 9.55 Å². The lowest BCUT2D eigenvalue weighted by molar-refractivity contribution is 0.574. The van der Waals surface area contributed by atoms with Crippen LogP contribution in [-0.2, 0) is 0 Å². The van der Waals surface area contributed by atoms with Gasteiger partial charge in [0.2, 0.25) is 0 Å². The molecule has 9 rings (SSSR count). The fourth-order valence-corrected chi connectivity index (χ4v) is 6.17. The lowest BCUT2D eigenvalue weighted by atomic mass is 9.93. The Kier molecular flexibility index (Phi) is 2.81. The predicted molar refractivity (Wildman–Crippen MR) is 140 cm³/mol. The maximum atomic E-state index is 6.30. The summed E-state index contributed by atoms with van der Waals surface area (Å²) in [6.45, 7) is 0. The zero-order valence-electron chi connectivity index (χ0n) is 18.0. The molecule has 8 aromatic rings. The van der Waals surface area contributed by atoms with E-state index in [2.05, 4.69) is 77.4 Å². The minimum Gasteiger partial charge on any atom is -0.423 e. The van der Waals surface area contributed by atoms with Gasteiger partial charge in [-0.05, 0) is 62.3 Å². The van der Waals surface area contributed by atoms with Gasteiger partial charge in [0.05, 0.1) is 11.0 Å². The minimum atomic E-state index is 0.610. The fourth-order valence-electron chi connectivity index (χ4n) is 6.17. The van der Waals surface area contributed by atoms with E-state index in [0.717, 1.165) is 22.1 Å². The molecule has 0 radical (unpaired) electrons. The first-order chi connectivity index (χ1) is 16.9. The summed E-state index contributed by atoms with van der Waals surface area (Å²) in [6, 6.07) is 35.3. The number of hydrogen-bond acceptors (Lipinski definition) is 2. The van der Waals surface area contributed by atoms with E-state index >= 15 is 0 Å². The van der Waals surface area contributed by atoms with E-state index in [1.165, 1.54) is 54.2 Å². The van der Waals surface area contributed by atoms with Crippen molar-refractivity contribution in [3.05, 3.63) is 97.1 Å². The molecule has 0 atom stereocenters. The highest BCUT2D eigenvalue weighted by molar-refractivity contribution is 6.38. The summed E-state index contributed by atoms with van der Waals surface area (Å²) >= 11 is 0. The van der Waals surface area contributed by atoms with Crippen LogP contribution in [0.15, 0.2) is 101 Å². The highest BCUT2D eigenvalue weighted by Gasteiger charge is 2.25. The molecule has 6 aromatic carbocycles. The molecule has 0 N–H and O–H groups in total. The van der Waals surface area contributed by atoms with Crippen LogP contribution in [0.5, 0.6) is 0 Å². The van der Waals surface area contributed by atoms with Crippen LogP contribution >= 0.6 is 0 Å². The first-order valence-corrected chi connectivity index (χ1v) is 11.6. The van der Waals surface area contributed by atoms with E-state index in [4.69, 9.17) is 9.40 Å². The molecule has 1 aliphatic rings. The molecule has 0 amide bonds. The Morgan fingerprint density at radius 1 is 0.500 bits per heavy atom. The van der Waals surface area contributed by atoms with Gasteiger partial charge in [0.15, 0.2) is 5.58 Å². The van der Waals surface area contributed by atoms with Crippen molar-refractivity contribution in [2.45, 2.75) is 0 Å². The van der Waals surface area contributed by atoms with Crippen LogP contribution in [0.2, 0.25) is 0 Å². The molecule has 34 heavy (non-hydrogen) atoms. The molecular formula is C31H16N2O. The largest absolute Gasteiger partial charge is 0.423 e. The standard InChI is InChI=1S/C31H16N2O/c1-2-10-25-22(9-1)32-31(34-25)33-23-15-13-18-6-4-8-21-20-7-3-5-17-11-12-19-14-16-24(33)30(28(19)26(17)20)29(23)27(18)21/h1-16H. The maximum Gasteiger partial charge on any atom is 0.307 e. The molecule has 0 saturated carbocycles.